The Hall–Kier alpha value is -4.95. The van der Waals surface area contributed by atoms with Crippen LogP contribution in [-0.2, 0) is 10.2 Å². The number of nitrogens with one attached hydrogen (secondary N) is 1. The van der Waals surface area contributed by atoms with Crippen molar-refractivity contribution in [2.45, 2.75) is 42.9 Å². The van der Waals surface area contributed by atoms with E-state index in [2.05, 4.69) is 15.3 Å². The zero-order chi connectivity index (χ0) is 33.7. The monoisotopic (exact) mass is 662 g/mol. The lowest BCUT2D eigenvalue weighted by Crippen LogP contribution is -2.44. The molecule has 6 rings (SSSR count). The van der Waals surface area contributed by atoms with Gasteiger partial charge in [0, 0.05) is 40.4 Å². The van der Waals surface area contributed by atoms with Gasteiger partial charge in [0.15, 0.2) is 0 Å². The highest BCUT2D eigenvalue weighted by atomic mass is 19.4. The molecule has 1 saturated carbocycles. The van der Waals surface area contributed by atoms with Gasteiger partial charge in [-0.05, 0) is 61.4 Å². The molecular weight excluding hydrogens is 637 g/mol. The summed E-state index contributed by atoms with van der Waals surface area (Å²) >= 11 is 0. The van der Waals surface area contributed by atoms with Gasteiger partial charge in [-0.25, -0.2) is 22.5 Å². The first kappa shape index (κ1) is 32.0. The van der Waals surface area contributed by atoms with Gasteiger partial charge in [0.05, 0.1) is 11.8 Å². The number of primary amides is 1. The number of nitrogens with two attached hydrogens (primary N) is 1. The highest BCUT2D eigenvalue weighted by Gasteiger charge is 2.50. The van der Waals surface area contributed by atoms with Crippen LogP contribution in [0.3, 0.4) is 0 Å². The van der Waals surface area contributed by atoms with E-state index in [1.807, 2.05) is 0 Å². The minimum atomic E-state index is -5.03. The third-order valence-corrected chi connectivity index (χ3v) is 8.11. The Labute approximate surface area is 262 Å². The van der Waals surface area contributed by atoms with E-state index in [1.165, 1.54) is 24.3 Å². The maximum atomic E-state index is 14.6. The first-order valence-electron chi connectivity index (χ1n) is 14.3. The first-order valence-corrected chi connectivity index (χ1v) is 14.3. The van der Waals surface area contributed by atoms with Gasteiger partial charge in [-0.2, -0.15) is 13.2 Å². The predicted molar refractivity (Wildman–Crippen MR) is 153 cm³/mol. The molecule has 1 unspecified atom stereocenters. The zero-order valence-corrected chi connectivity index (χ0v) is 24.2. The number of hydrogen-bond acceptors (Lipinski definition) is 6. The van der Waals surface area contributed by atoms with E-state index in [-0.39, 0.29) is 50.9 Å². The molecule has 0 bridgehead atoms. The number of benzene rings is 2. The molecule has 2 amide bonds. The van der Waals surface area contributed by atoms with Crippen LogP contribution in [0.4, 0.5) is 30.7 Å². The van der Waals surface area contributed by atoms with Crippen molar-refractivity contribution in [3.8, 4) is 22.8 Å². The number of pyridine rings is 2. The molecule has 2 aromatic heterocycles. The second-order valence-corrected chi connectivity index (χ2v) is 11.4. The Kier molecular flexibility index (Phi) is 8.18. The molecule has 2 aliphatic rings. The van der Waals surface area contributed by atoms with Crippen molar-refractivity contribution in [3.05, 3.63) is 82.9 Å². The predicted octanol–water partition coefficient (Wildman–Crippen LogP) is 6.08. The van der Waals surface area contributed by atoms with Gasteiger partial charge < -0.3 is 20.5 Å². The Balaban J connectivity index is 1.38. The summed E-state index contributed by atoms with van der Waals surface area (Å²) in [6, 6.07) is 9.00. The lowest BCUT2D eigenvalue weighted by molar-refractivity contribution is -0.149. The van der Waals surface area contributed by atoms with E-state index in [0.717, 1.165) is 43.3 Å². The smallest absolute Gasteiger partial charge is 0.398 e. The van der Waals surface area contributed by atoms with Crippen molar-refractivity contribution >= 4 is 22.7 Å². The third kappa shape index (κ3) is 6.13. The van der Waals surface area contributed by atoms with E-state index >= 15 is 0 Å². The van der Waals surface area contributed by atoms with Gasteiger partial charge in [0.2, 0.25) is 5.91 Å². The number of hydrogen-bond donors (Lipinski definition) is 2. The molecule has 15 heteroatoms. The number of carbonyl (C=O) groups excluding carboxylic acids is 2. The summed E-state index contributed by atoms with van der Waals surface area (Å²) in [5.74, 6) is -5.37. The summed E-state index contributed by atoms with van der Waals surface area (Å²) in [4.78, 5) is 33.9. The third-order valence-electron chi connectivity index (χ3n) is 8.11. The highest BCUT2D eigenvalue weighted by molar-refractivity contribution is 6.00. The Morgan fingerprint density at radius 1 is 1.11 bits per heavy atom. The zero-order valence-electron chi connectivity index (χ0n) is 24.2. The van der Waals surface area contributed by atoms with Crippen molar-refractivity contribution in [3.63, 3.8) is 0 Å². The molecule has 0 radical (unpaired) electrons. The summed E-state index contributed by atoms with van der Waals surface area (Å²) < 4.78 is 110. The number of nitrogens with zero attached hydrogens (tertiary/aromatic N) is 2. The van der Waals surface area contributed by atoms with Crippen LogP contribution in [0.1, 0.15) is 52.4 Å². The van der Waals surface area contributed by atoms with Gasteiger partial charge in [-0.3, -0.25) is 14.6 Å². The van der Waals surface area contributed by atoms with Crippen LogP contribution >= 0.6 is 0 Å². The Morgan fingerprint density at radius 2 is 1.83 bits per heavy atom. The van der Waals surface area contributed by atoms with Crippen LogP contribution in [0.15, 0.2) is 54.7 Å². The second-order valence-electron chi connectivity index (χ2n) is 11.4. The molecule has 8 nitrogen and oxygen atoms in total. The van der Waals surface area contributed by atoms with Crippen molar-refractivity contribution < 1.29 is 49.8 Å². The van der Waals surface area contributed by atoms with Crippen LogP contribution in [-0.4, -0.2) is 53.9 Å². The van der Waals surface area contributed by atoms with Crippen molar-refractivity contribution in [2.75, 3.05) is 19.8 Å². The Morgan fingerprint density at radius 3 is 2.45 bits per heavy atom. The highest BCUT2D eigenvalue weighted by Crippen LogP contribution is 2.47. The molecular formula is C32H25F7N4O4. The standard InChI is InChI=1S/C32H25F7N4O4/c33-13-31(30(40)45)14-46-27-21(31)10-23(43-26(27)15-1-3-19(34)4-2-15)22(32(37,38)39)12-42-29(44)17-7-16-8-18(28(35)36)11-41-25(16)24(9-17)47-20-5-6-20/h1-4,7-11,20,22,28H,5-6,12-14H2,(H2,40,45)(H,42,44)/t22?,31-/m0/s1. The number of amides is 2. The van der Waals surface area contributed by atoms with Crippen LogP contribution in [0.2, 0.25) is 0 Å². The molecule has 0 saturated heterocycles. The number of fused-ring (bicyclic) bond motifs is 2. The van der Waals surface area contributed by atoms with Crippen molar-refractivity contribution in [1.29, 1.82) is 0 Å². The number of aromatic nitrogens is 2. The molecule has 2 aromatic carbocycles. The van der Waals surface area contributed by atoms with Gasteiger partial charge in [-0.15, -0.1) is 0 Å². The van der Waals surface area contributed by atoms with Crippen LogP contribution in [0.25, 0.3) is 22.2 Å². The van der Waals surface area contributed by atoms with Gasteiger partial charge in [0.25, 0.3) is 12.3 Å². The van der Waals surface area contributed by atoms with E-state index < -0.39 is 72.6 Å². The summed E-state index contributed by atoms with van der Waals surface area (Å²) in [6.45, 7) is -3.05. The Bertz CT molecular complexity index is 1870. The minimum Gasteiger partial charge on any atom is -0.489 e. The summed E-state index contributed by atoms with van der Waals surface area (Å²) in [5.41, 5.74) is 1.92. The lowest BCUT2D eigenvalue weighted by atomic mass is 9.81. The molecule has 4 aromatic rings. The van der Waals surface area contributed by atoms with Crippen LogP contribution in [0.5, 0.6) is 11.5 Å². The quantitative estimate of drug-likeness (QED) is 0.199. The molecule has 1 aliphatic heterocycles. The van der Waals surface area contributed by atoms with E-state index in [4.69, 9.17) is 15.2 Å². The second kappa shape index (κ2) is 12.0. The number of halogens is 7. The average Bonchev–Trinajstić information content (AvgIpc) is 3.76. The molecule has 1 fully saturated rings. The van der Waals surface area contributed by atoms with Crippen molar-refractivity contribution in [2.24, 2.45) is 5.73 Å². The fourth-order valence-electron chi connectivity index (χ4n) is 5.31. The van der Waals surface area contributed by atoms with Gasteiger partial charge in [-0.1, -0.05) is 0 Å². The number of rotatable bonds is 10. The lowest BCUT2D eigenvalue weighted by Gasteiger charge is -2.24. The molecule has 0 spiro atoms. The maximum Gasteiger partial charge on any atom is 0.398 e. The van der Waals surface area contributed by atoms with E-state index in [0.29, 0.717) is 0 Å². The molecule has 1 aliphatic carbocycles. The number of alkyl halides is 6. The number of carbonyl (C=O) groups is 2. The average molecular weight is 663 g/mol. The van der Waals surface area contributed by atoms with Gasteiger partial charge in [0.1, 0.15) is 53.1 Å². The molecule has 3 N–H and O–H groups in total. The number of ether oxygens (including phenoxy) is 2. The molecule has 246 valence electrons. The summed E-state index contributed by atoms with van der Waals surface area (Å²) in [7, 11) is 0. The van der Waals surface area contributed by atoms with Crippen LogP contribution < -0.4 is 20.5 Å². The molecule has 2 atom stereocenters. The minimum absolute atomic E-state index is 0.113. The van der Waals surface area contributed by atoms with Crippen LogP contribution in [0, 0.1) is 5.82 Å². The largest absolute Gasteiger partial charge is 0.489 e. The fraction of sp³-hybridized carbons (Fsp3) is 0.312. The first-order chi connectivity index (χ1) is 22.3. The van der Waals surface area contributed by atoms with Crippen molar-refractivity contribution in [1.82, 2.24) is 15.3 Å². The normalized spacial score (nSPS) is 18.1. The summed E-state index contributed by atoms with van der Waals surface area (Å²) in [6.07, 6.45) is -5.65. The van der Waals surface area contributed by atoms with E-state index in [1.54, 1.807) is 0 Å². The maximum absolute atomic E-state index is 14.6. The van der Waals surface area contributed by atoms with E-state index in [9.17, 15) is 40.3 Å². The van der Waals surface area contributed by atoms with Gasteiger partial charge >= 0.3 is 6.18 Å². The fourth-order valence-corrected chi connectivity index (χ4v) is 5.31. The topological polar surface area (TPSA) is 116 Å². The molecule has 3 heterocycles. The SMILES string of the molecule is NC(=O)[C@@]1(CF)COc2c1cc(C(CNC(=O)c1cc(OC3CC3)c3ncc(C(F)F)cc3c1)C(F)(F)F)nc2-c1ccc(F)cc1. The molecule has 47 heavy (non-hydrogen) atoms. The summed E-state index contributed by atoms with van der Waals surface area (Å²) in [5, 5.41) is 2.35.